The van der Waals surface area contributed by atoms with Crippen LogP contribution in [0.4, 0.5) is 4.39 Å². The molecule has 1 aliphatic heterocycles. The molecule has 1 fully saturated rings. The lowest BCUT2D eigenvalue weighted by atomic mass is 9.94. The van der Waals surface area contributed by atoms with Crippen molar-refractivity contribution >= 4 is 17.4 Å². The van der Waals surface area contributed by atoms with Gasteiger partial charge in [0, 0.05) is 12.7 Å². The number of halogens is 1. The van der Waals surface area contributed by atoms with E-state index in [2.05, 4.69) is 4.37 Å². The molecule has 1 aromatic carbocycles. The van der Waals surface area contributed by atoms with E-state index in [1.165, 1.54) is 23.7 Å². The van der Waals surface area contributed by atoms with Gasteiger partial charge in [0.05, 0.1) is 6.04 Å². The standard InChI is InChI=1S/C13H11FN2OS/c14-10-3-1-9(2-4-10)11-6-8-16(11)13(17)12-5-7-15-18-12/h1-5,7,11H,6,8H2. The Morgan fingerprint density at radius 2 is 2.11 bits per heavy atom. The van der Waals surface area contributed by atoms with Gasteiger partial charge in [0.15, 0.2) is 0 Å². The summed E-state index contributed by atoms with van der Waals surface area (Å²) in [6.45, 7) is 0.749. The summed E-state index contributed by atoms with van der Waals surface area (Å²) in [5, 5.41) is 0. The average Bonchev–Trinajstić information content (AvgIpc) is 2.84. The zero-order valence-corrected chi connectivity index (χ0v) is 10.4. The number of hydrogen-bond acceptors (Lipinski definition) is 3. The second kappa shape index (κ2) is 4.49. The van der Waals surface area contributed by atoms with Crippen LogP contribution in [-0.2, 0) is 0 Å². The van der Waals surface area contributed by atoms with Crippen molar-refractivity contribution in [1.82, 2.24) is 9.27 Å². The van der Waals surface area contributed by atoms with Crippen LogP contribution < -0.4 is 0 Å². The van der Waals surface area contributed by atoms with Gasteiger partial charge in [-0.25, -0.2) is 8.76 Å². The SMILES string of the molecule is O=C(c1ccns1)N1CCC1c1ccc(F)cc1. The Kier molecular flexibility index (Phi) is 2.83. The quantitative estimate of drug-likeness (QED) is 0.833. The summed E-state index contributed by atoms with van der Waals surface area (Å²) < 4.78 is 16.8. The fourth-order valence-electron chi connectivity index (χ4n) is 2.13. The summed E-state index contributed by atoms with van der Waals surface area (Å²) in [5.74, 6) is -0.239. The van der Waals surface area contributed by atoms with Gasteiger partial charge < -0.3 is 4.90 Å². The zero-order valence-electron chi connectivity index (χ0n) is 9.54. The van der Waals surface area contributed by atoms with Crippen LogP contribution >= 0.6 is 11.5 Å². The summed E-state index contributed by atoms with van der Waals surface area (Å²) in [5.41, 5.74) is 0.987. The lowest BCUT2D eigenvalue weighted by molar-refractivity contribution is 0.0465. The summed E-state index contributed by atoms with van der Waals surface area (Å²) in [7, 11) is 0. The van der Waals surface area contributed by atoms with E-state index in [-0.39, 0.29) is 17.8 Å². The van der Waals surface area contributed by atoms with Gasteiger partial charge in [0.2, 0.25) is 0 Å². The maximum Gasteiger partial charge on any atom is 0.266 e. The molecule has 1 saturated heterocycles. The van der Waals surface area contributed by atoms with Crippen molar-refractivity contribution in [2.24, 2.45) is 0 Å². The number of amides is 1. The minimum Gasteiger partial charge on any atom is -0.331 e. The molecule has 0 N–H and O–H groups in total. The molecule has 0 aliphatic carbocycles. The molecule has 0 spiro atoms. The fourth-order valence-corrected chi connectivity index (χ4v) is 2.68. The third-order valence-electron chi connectivity index (χ3n) is 3.18. The van der Waals surface area contributed by atoms with Crippen LogP contribution in [0.3, 0.4) is 0 Å². The van der Waals surface area contributed by atoms with Crippen molar-refractivity contribution < 1.29 is 9.18 Å². The highest BCUT2D eigenvalue weighted by Crippen LogP contribution is 2.34. The second-order valence-corrected chi connectivity index (χ2v) is 5.06. The Morgan fingerprint density at radius 1 is 1.33 bits per heavy atom. The van der Waals surface area contributed by atoms with E-state index < -0.39 is 0 Å². The molecule has 1 aliphatic rings. The molecule has 2 heterocycles. The van der Waals surface area contributed by atoms with Gasteiger partial charge in [-0.1, -0.05) is 12.1 Å². The van der Waals surface area contributed by atoms with E-state index in [9.17, 15) is 9.18 Å². The van der Waals surface area contributed by atoms with E-state index >= 15 is 0 Å². The molecule has 1 unspecified atom stereocenters. The largest absolute Gasteiger partial charge is 0.331 e. The van der Waals surface area contributed by atoms with Crippen LogP contribution in [-0.4, -0.2) is 21.7 Å². The first-order valence-electron chi connectivity index (χ1n) is 5.73. The Hall–Kier alpha value is -1.75. The molecule has 1 atom stereocenters. The highest BCUT2D eigenvalue weighted by molar-refractivity contribution is 7.08. The van der Waals surface area contributed by atoms with Gasteiger partial charge in [-0.15, -0.1) is 0 Å². The third kappa shape index (κ3) is 1.90. The van der Waals surface area contributed by atoms with Crippen LogP contribution in [0.25, 0.3) is 0 Å². The van der Waals surface area contributed by atoms with Crippen LogP contribution in [0.15, 0.2) is 36.5 Å². The molecule has 5 heteroatoms. The second-order valence-electron chi connectivity index (χ2n) is 4.23. The van der Waals surface area contributed by atoms with Crippen LogP contribution in [0.2, 0.25) is 0 Å². The lowest BCUT2D eigenvalue weighted by Gasteiger charge is -2.41. The van der Waals surface area contributed by atoms with E-state index in [4.69, 9.17) is 0 Å². The first-order chi connectivity index (χ1) is 8.75. The first kappa shape index (κ1) is 11.3. The van der Waals surface area contributed by atoms with E-state index in [0.717, 1.165) is 18.5 Å². The van der Waals surface area contributed by atoms with E-state index in [0.29, 0.717) is 4.88 Å². The minimum absolute atomic E-state index is 0.0121. The van der Waals surface area contributed by atoms with Crippen molar-refractivity contribution in [1.29, 1.82) is 0 Å². The Morgan fingerprint density at radius 3 is 2.67 bits per heavy atom. The third-order valence-corrected chi connectivity index (χ3v) is 3.92. The molecular formula is C13H11FN2OS. The average molecular weight is 262 g/mol. The Labute approximate surface area is 108 Å². The number of aromatic nitrogens is 1. The molecule has 0 bridgehead atoms. The van der Waals surface area contributed by atoms with Gasteiger partial charge in [-0.3, -0.25) is 4.79 Å². The molecule has 3 nitrogen and oxygen atoms in total. The van der Waals surface area contributed by atoms with Crippen molar-refractivity contribution in [3.8, 4) is 0 Å². The summed E-state index contributed by atoms with van der Waals surface area (Å²) in [4.78, 5) is 14.6. The van der Waals surface area contributed by atoms with Gasteiger partial charge in [-0.2, -0.15) is 0 Å². The summed E-state index contributed by atoms with van der Waals surface area (Å²) in [6.07, 6.45) is 2.56. The zero-order chi connectivity index (χ0) is 12.5. The smallest absolute Gasteiger partial charge is 0.266 e. The first-order valence-corrected chi connectivity index (χ1v) is 6.50. The van der Waals surface area contributed by atoms with Crippen LogP contribution in [0.1, 0.15) is 27.7 Å². The van der Waals surface area contributed by atoms with Gasteiger partial charge in [0.1, 0.15) is 10.7 Å². The number of benzene rings is 1. The topological polar surface area (TPSA) is 33.2 Å². The molecule has 92 valence electrons. The Bertz CT molecular complexity index is 553. The number of carbonyl (C=O) groups excluding carboxylic acids is 1. The molecule has 18 heavy (non-hydrogen) atoms. The molecule has 1 aromatic heterocycles. The lowest BCUT2D eigenvalue weighted by Crippen LogP contribution is -2.44. The maximum atomic E-state index is 12.9. The molecule has 0 saturated carbocycles. The van der Waals surface area contributed by atoms with Gasteiger partial charge in [-0.05, 0) is 41.7 Å². The molecule has 2 aromatic rings. The Balaban J connectivity index is 1.79. The molecular weight excluding hydrogens is 251 g/mol. The van der Waals surface area contributed by atoms with Crippen molar-refractivity contribution in [3.63, 3.8) is 0 Å². The number of carbonyl (C=O) groups is 1. The summed E-state index contributed by atoms with van der Waals surface area (Å²) in [6, 6.07) is 8.15. The van der Waals surface area contributed by atoms with Crippen molar-refractivity contribution in [2.45, 2.75) is 12.5 Å². The number of nitrogens with zero attached hydrogens (tertiary/aromatic N) is 2. The monoisotopic (exact) mass is 262 g/mol. The van der Waals surface area contributed by atoms with E-state index in [1.807, 2.05) is 0 Å². The fraction of sp³-hybridized carbons (Fsp3) is 0.231. The maximum absolute atomic E-state index is 12.9. The normalized spacial score (nSPS) is 18.5. The highest BCUT2D eigenvalue weighted by atomic mass is 32.1. The number of hydrogen-bond donors (Lipinski definition) is 0. The van der Waals surface area contributed by atoms with Crippen LogP contribution in [0, 0.1) is 5.82 Å². The minimum atomic E-state index is -0.251. The molecule has 0 radical (unpaired) electrons. The molecule has 3 rings (SSSR count). The van der Waals surface area contributed by atoms with Gasteiger partial charge >= 0.3 is 0 Å². The predicted octanol–water partition coefficient (Wildman–Crippen LogP) is 2.87. The van der Waals surface area contributed by atoms with Crippen molar-refractivity contribution in [2.75, 3.05) is 6.54 Å². The predicted molar refractivity (Wildman–Crippen MR) is 66.9 cm³/mol. The number of rotatable bonds is 2. The molecule has 1 amide bonds. The van der Waals surface area contributed by atoms with E-state index in [1.54, 1.807) is 29.3 Å². The van der Waals surface area contributed by atoms with Crippen molar-refractivity contribution in [3.05, 3.63) is 52.8 Å². The number of likely N-dealkylation sites (tertiary alicyclic amines) is 1. The van der Waals surface area contributed by atoms with Gasteiger partial charge in [0.25, 0.3) is 5.91 Å². The highest BCUT2D eigenvalue weighted by Gasteiger charge is 2.34. The van der Waals surface area contributed by atoms with Crippen LogP contribution in [0.5, 0.6) is 0 Å². The summed E-state index contributed by atoms with van der Waals surface area (Å²) >= 11 is 1.21.